The van der Waals surface area contributed by atoms with Crippen molar-refractivity contribution in [2.45, 2.75) is 71.9 Å². The van der Waals surface area contributed by atoms with E-state index in [-0.39, 0.29) is 24.0 Å². The second-order valence-corrected chi connectivity index (χ2v) is 11.3. The molecule has 5 rings (SSSR count). The standard InChI is InChI=1S/C26H41N5O3/c1-16(2)34-24-21(15-29-31(24)9-6-26(3,4)25(33)28-8-7-27-5)23(32)30-22-19-11-17-10-18(13-19)14-20(22)12-17/h6,9,15-20,22,27H,7-8,10-14H2,1-5H3,(H,28,33)(H,30,32). The van der Waals surface area contributed by atoms with Crippen molar-refractivity contribution in [2.24, 2.45) is 29.1 Å². The maximum Gasteiger partial charge on any atom is 0.258 e. The van der Waals surface area contributed by atoms with Gasteiger partial charge in [-0.3, -0.25) is 9.59 Å². The first-order valence-corrected chi connectivity index (χ1v) is 12.8. The molecule has 1 aromatic rings. The van der Waals surface area contributed by atoms with Gasteiger partial charge in [0.2, 0.25) is 11.8 Å². The minimum atomic E-state index is -0.738. The average molecular weight is 472 g/mol. The van der Waals surface area contributed by atoms with Crippen molar-refractivity contribution in [3.05, 3.63) is 17.8 Å². The van der Waals surface area contributed by atoms with Crippen molar-refractivity contribution < 1.29 is 14.3 Å². The lowest BCUT2D eigenvalue weighted by atomic mass is 9.54. The average Bonchev–Trinajstić information content (AvgIpc) is 3.16. The number of likely N-dealkylation sites (N-methyl/N-ethyl adjacent to an activating group) is 1. The van der Waals surface area contributed by atoms with E-state index in [1.807, 2.05) is 34.7 Å². The van der Waals surface area contributed by atoms with Crippen LogP contribution in [-0.2, 0) is 4.79 Å². The zero-order chi connectivity index (χ0) is 24.5. The second kappa shape index (κ2) is 10.1. The first-order chi connectivity index (χ1) is 16.2. The van der Waals surface area contributed by atoms with Crippen LogP contribution in [0.2, 0.25) is 0 Å². The van der Waals surface area contributed by atoms with Gasteiger partial charge < -0.3 is 20.7 Å². The molecule has 1 heterocycles. The molecule has 1 aromatic heterocycles. The highest BCUT2D eigenvalue weighted by atomic mass is 16.5. The Hall–Kier alpha value is -2.35. The maximum absolute atomic E-state index is 13.4. The number of aromatic nitrogens is 2. The molecule has 0 spiro atoms. The molecule has 4 aliphatic carbocycles. The molecular weight excluding hydrogens is 430 g/mol. The third kappa shape index (κ3) is 5.32. The predicted molar refractivity (Wildman–Crippen MR) is 132 cm³/mol. The van der Waals surface area contributed by atoms with Crippen LogP contribution in [-0.4, -0.2) is 53.9 Å². The summed E-state index contributed by atoms with van der Waals surface area (Å²) < 4.78 is 7.59. The smallest absolute Gasteiger partial charge is 0.258 e. The molecule has 4 bridgehead atoms. The Morgan fingerprint density at radius 3 is 2.38 bits per heavy atom. The van der Waals surface area contributed by atoms with Crippen LogP contribution < -0.4 is 20.7 Å². The summed E-state index contributed by atoms with van der Waals surface area (Å²) in [5, 5.41) is 13.7. The van der Waals surface area contributed by atoms with E-state index in [0.29, 0.717) is 36.4 Å². The molecule has 8 nitrogen and oxygen atoms in total. The van der Waals surface area contributed by atoms with Crippen molar-refractivity contribution in [1.29, 1.82) is 0 Å². The number of nitrogens with zero attached hydrogens (tertiary/aromatic N) is 2. The van der Waals surface area contributed by atoms with E-state index in [4.69, 9.17) is 4.74 Å². The Balaban J connectivity index is 1.48. The molecule has 3 N–H and O–H groups in total. The first-order valence-electron chi connectivity index (χ1n) is 12.8. The Morgan fingerprint density at radius 1 is 1.15 bits per heavy atom. The van der Waals surface area contributed by atoms with Gasteiger partial charge >= 0.3 is 0 Å². The van der Waals surface area contributed by atoms with Crippen molar-refractivity contribution in [3.8, 4) is 5.88 Å². The van der Waals surface area contributed by atoms with Gasteiger partial charge in [-0.05, 0) is 90.5 Å². The number of carbonyl (C=O) groups is 2. The fraction of sp³-hybridized carbons (Fsp3) is 0.731. The lowest BCUT2D eigenvalue weighted by Gasteiger charge is -2.54. The molecule has 0 unspecified atom stereocenters. The topological polar surface area (TPSA) is 97.3 Å². The molecule has 0 aliphatic heterocycles. The van der Waals surface area contributed by atoms with Crippen LogP contribution in [0.1, 0.15) is 70.2 Å². The number of hydrogen-bond donors (Lipinski definition) is 3. The molecule has 4 saturated carbocycles. The molecule has 0 radical (unpaired) electrons. The first kappa shape index (κ1) is 24.8. The number of hydrogen-bond acceptors (Lipinski definition) is 5. The molecule has 0 aromatic carbocycles. The van der Waals surface area contributed by atoms with Crippen molar-refractivity contribution >= 4 is 18.0 Å². The van der Waals surface area contributed by atoms with Crippen LogP contribution >= 0.6 is 0 Å². The highest BCUT2D eigenvalue weighted by molar-refractivity contribution is 5.96. The fourth-order valence-corrected chi connectivity index (χ4v) is 6.21. The number of rotatable bonds is 10. The zero-order valence-electron chi connectivity index (χ0n) is 21.3. The minimum Gasteiger partial charge on any atom is -0.474 e. The molecule has 8 heteroatoms. The summed E-state index contributed by atoms with van der Waals surface area (Å²) in [6.45, 7) is 8.83. The van der Waals surface area contributed by atoms with Gasteiger partial charge in [0, 0.05) is 25.3 Å². The van der Waals surface area contributed by atoms with Crippen LogP contribution in [0.25, 0.3) is 6.20 Å². The Morgan fingerprint density at radius 2 is 1.79 bits per heavy atom. The van der Waals surface area contributed by atoms with Crippen molar-refractivity contribution in [2.75, 3.05) is 20.1 Å². The third-order valence-corrected chi connectivity index (χ3v) is 7.74. The van der Waals surface area contributed by atoms with Gasteiger partial charge in [0.25, 0.3) is 5.91 Å². The largest absolute Gasteiger partial charge is 0.474 e. The quantitative estimate of drug-likeness (QED) is 0.456. The number of ether oxygens (including phenoxy) is 1. The maximum atomic E-state index is 13.4. The zero-order valence-corrected chi connectivity index (χ0v) is 21.3. The SMILES string of the molecule is CNCCNC(=O)C(C)(C)C=Cn1ncc(C(=O)NC2C3CC4CC(C3)CC2C4)c1OC(C)C. The monoisotopic (exact) mass is 471 g/mol. The van der Waals surface area contributed by atoms with Gasteiger partial charge in [0.05, 0.1) is 17.7 Å². The van der Waals surface area contributed by atoms with Crippen LogP contribution in [0.4, 0.5) is 0 Å². The third-order valence-electron chi connectivity index (χ3n) is 7.74. The lowest BCUT2D eigenvalue weighted by molar-refractivity contribution is -0.127. The molecule has 2 amide bonds. The molecule has 0 saturated heterocycles. The van der Waals surface area contributed by atoms with Gasteiger partial charge in [-0.25, -0.2) is 4.68 Å². The summed E-state index contributed by atoms with van der Waals surface area (Å²) in [6.07, 6.45) is 11.4. The second-order valence-electron chi connectivity index (χ2n) is 11.3. The van der Waals surface area contributed by atoms with E-state index < -0.39 is 5.41 Å². The number of nitrogens with one attached hydrogen (secondary N) is 3. The summed E-state index contributed by atoms with van der Waals surface area (Å²) in [6, 6.07) is 0.256. The lowest BCUT2D eigenvalue weighted by Crippen LogP contribution is -2.55. The Labute approximate surface area is 203 Å². The predicted octanol–water partition coefficient (Wildman–Crippen LogP) is 3.06. The van der Waals surface area contributed by atoms with Crippen molar-refractivity contribution in [1.82, 2.24) is 25.7 Å². The Kier molecular flexibility index (Phi) is 7.36. The van der Waals surface area contributed by atoms with E-state index in [0.717, 1.165) is 11.8 Å². The van der Waals surface area contributed by atoms with Gasteiger partial charge in [0.1, 0.15) is 5.56 Å². The summed E-state index contributed by atoms with van der Waals surface area (Å²) >= 11 is 0. The van der Waals surface area contributed by atoms with Gasteiger partial charge in [0.15, 0.2) is 0 Å². The summed E-state index contributed by atoms with van der Waals surface area (Å²) in [4.78, 5) is 25.9. The number of carbonyl (C=O) groups excluding carboxylic acids is 2. The highest BCUT2D eigenvalue weighted by Gasteiger charge is 2.48. The van der Waals surface area contributed by atoms with Crippen molar-refractivity contribution in [3.63, 3.8) is 0 Å². The highest BCUT2D eigenvalue weighted by Crippen LogP contribution is 2.53. The normalized spacial score (nSPS) is 28.0. The van der Waals surface area contributed by atoms with E-state index in [2.05, 4.69) is 21.0 Å². The molecule has 0 atom stereocenters. The van der Waals surface area contributed by atoms with Crippen LogP contribution in [0.15, 0.2) is 12.3 Å². The van der Waals surface area contributed by atoms with E-state index in [1.165, 1.54) is 32.1 Å². The van der Waals surface area contributed by atoms with E-state index in [1.54, 1.807) is 23.2 Å². The van der Waals surface area contributed by atoms with Crippen LogP contribution in [0.3, 0.4) is 0 Å². The summed E-state index contributed by atoms with van der Waals surface area (Å²) in [5.41, 5.74) is -0.291. The molecular formula is C26H41N5O3. The Bertz CT molecular complexity index is 892. The number of amides is 2. The van der Waals surface area contributed by atoms with Crippen LogP contribution in [0, 0.1) is 29.1 Å². The van der Waals surface area contributed by atoms with E-state index >= 15 is 0 Å². The van der Waals surface area contributed by atoms with Gasteiger partial charge in [-0.15, -0.1) is 0 Å². The molecule has 4 aliphatic rings. The van der Waals surface area contributed by atoms with Gasteiger partial charge in [-0.1, -0.05) is 6.08 Å². The fourth-order valence-electron chi connectivity index (χ4n) is 6.21. The molecule has 34 heavy (non-hydrogen) atoms. The summed E-state index contributed by atoms with van der Waals surface area (Å²) in [5.74, 6) is 3.16. The van der Waals surface area contributed by atoms with Gasteiger partial charge in [-0.2, -0.15) is 5.10 Å². The minimum absolute atomic E-state index is 0.0719. The summed E-state index contributed by atoms with van der Waals surface area (Å²) in [7, 11) is 1.85. The molecule has 188 valence electrons. The van der Waals surface area contributed by atoms with E-state index in [9.17, 15) is 9.59 Å². The molecule has 4 fully saturated rings. The van der Waals surface area contributed by atoms with Crippen LogP contribution in [0.5, 0.6) is 5.88 Å².